The number of amides is 1. The monoisotopic (exact) mass is 574 g/mol. The number of carbonyl (C=O) groups excluding carboxylic acids is 1. The van der Waals surface area contributed by atoms with E-state index in [0.29, 0.717) is 35.2 Å². The standard InChI is InChI=1S/C36H38N4O3/c1-22-19-28(24-15-17-39(18-16-24)35(41)26-10-11-26)13-12-27(22)20-29-14-9-25-5-3-6-30(34(25)29)32-7-4-8-33(38-32)40-23(2)31(21-37-40)36(42)43/h3-8,12-13,19,21,24,26,29H,9-11,14-18,20H2,1-2H3,(H,42,43). The van der Waals surface area contributed by atoms with E-state index in [1.807, 2.05) is 18.2 Å². The number of aromatic nitrogens is 3. The second-order valence-electron chi connectivity index (χ2n) is 12.6. The van der Waals surface area contributed by atoms with Crippen molar-refractivity contribution in [1.82, 2.24) is 19.7 Å². The van der Waals surface area contributed by atoms with Crippen molar-refractivity contribution in [3.63, 3.8) is 0 Å². The molecule has 1 saturated heterocycles. The highest BCUT2D eigenvalue weighted by Crippen LogP contribution is 2.42. The number of benzene rings is 2. The van der Waals surface area contributed by atoms with Gasteiger partial charge in [-0.15, -0.1) is 0 Å². The molecule has 7 rings (SSSR count). The van der Waals surface area contributed by atoms with Crippen molar-refractivity contribution < 1.29 is 14.7 Å². The van der Waals surface area contributed by atoms with Gasteiger partial charge in [-0.3, -0.25) is 4.79 Å². The zero-order valence-corrected chi connectivity index (χ0v) is 24.9. The highest BCUT2D eigenvalue weighted by Gasteiger charge is 2.35. The maximum Gasteiger partial charge on any atom is 0.339 e. The van der Waals surface area contributed by atoms with Crippen LogP contribution >= 0.6 is 0 Å². The van der Waals surface area contributed by atoms with Crippen LogP contribution in [-0.4, -0.2) is 49.7 Å². The summed E-state index contributed by atoms with van der Waals surface area (Å²) in [5.74, 6) is 1.25. The Morgan fingerprint density at radius 1 is 0.953 bits per heavy atom. The predicted octanol–water partition coefficient (Wildman–Crippen LogP) is 6.64. The lowest BCUT2D eigenvalue weighted by Crippen LogP contribution is -2.38. The third-order valence-corrected chi connectivity index (χ3v) is 9.87. The van der Waals surface area contributed by atoms with E-state index in [1.54, 1.807) is 11.6 Å². The molecule has 1 unspecified atom stereocenters. The number of piperidine rings is 1. The number of hydrogen-bond acceptors (Lipinski definition) is 4. The first-order chi connectivity index (χ1) is 20.9. The van der Waals surface area contributed by atoms with Crippen molar-refractivity contribution in [3.8, 4) is 17.1 Å². The number of fused-ring (bicyclic) bond motifs is 1. The normalized spacial score (nSPS) is 18.6. The molecule has 2 aromatic heterocycles. The molecule has 1 saturated carbocycles. The van der Waals surface area contributed by atoms with Gasteiger partial charge in [0.25, 0.3) is 0 Å². The Kier molecular flexibility index (Phi) is 7.12. The van der Waals surface area contributed by atoms with Crippen molar-refractivity contribution in [2.45, 2.75) is 70.6 Å². The summed E-state index contributed by atoms with van der Waals surface area (Å²) in [5, 5.41) is 13.8. The van der Waals surface area contributed by atoms with E-state index in [0.717, 1.165) is 69.3 Å². The van der Waals surface area contributed by atoms with Gasteiger partial charge in [-0.05, 0) is 111 Å². The van der Waals surface area contributed by atoms with Crippen LogP contribution in [0.25, 0.3) is 17.1 Å². The number of rotatable bonds is 7. The number of nitrogens with zero attached hydrogens (tertiary/aromatic N) is 4. The molecule has 220 valence electrons. The summed E-state index contributed by atoms with van der Waals surface area (Å²) >= 11 is 0. The Balaban J connectivity index is 1.11. The SMILES string of the molecule is Cc1cc(C2CCN(C(=O)C3CC3)CC2)ccc1CC1CCc2cccc(-c3cccc(-n4ncc(C(=O)O)c4C)n3)c21. The second-order valence-corrected chi connectivity index (χ2v) is 12.6. The zero-order valence-electron chi connectivity index (χ0n) is 24.9. The van der Waals surface area contributed by atoms with Crippen LogP contribution in [0, 0.1) is 19.8 Å². The second kappa shape index (κ2) is 11.1. The number of aryl methyl sites for hydroxylation is 2. The molecule has 3 aliphatic rings. The first kappa shape index (κ1) is 27.6. The van der Waals surface area contributed by atoms with Crippen LogP contribution in [-0.2, 0) is 17.6 Å². The topological polar surface area (TPSA) is 88.3 Å². The minimum absolute atomic E-state index is 0.184. The Hall–Kier alpha value is -4.26. The molecule has 1 atom stereocenters. The molecule has 1 amide bonds. The summed E-state index contributed by atoms with van der Waals surface area (Å²) in [7, 11) is 0. The summed E-state index contributed by atoms with van der Waals surface area (Å²) in [6, 6.07) is 19.5. The Morgan fingerprint density at radius 2 is 1.74 bits per heavy atom. The third kappa shape index (κ3) is 5.26. The molecule has 0 spiro atoms. The fourth-order valence-corrected chi connectivity index (χ4v) is 7.25. The van der Waals surface area contributed by atoms with E-state index < -0.39 is 5.97 Å². The molecular weight excluding hydrogens is 536 g/mol. The van der Waals surface area contributed by atoms with Crippen LogP contribution < -0.4 is 0 Å². The highest BCUT2D eigenvalue weighted by atomic mass is 16.4. The number of carbonyl (C=O) groups is 2. The van der Waals surface area contributed by atoms with Crippen LogP contribution in [0.1, 0.15) is 87.8 Å². The van der Waals surface area contributed by atoms with Crippen molar-refractivity contribution in [1.29, 1.82) is 0 Å². The fourth-order valence-electron chi connectivity index (χ4n) is 7.25. The maximum absolute atomic E-state index is 12.5. The van der Waals surface area contributed by atoms with Crippen LogP contribution in [0.3, 0.4) is 0 Å². The van der Waals surface area contributed by atoms with Crippen LogP contribution in [0.5, 0.6) is 0 Å². The van der Waals surface area contributed by atoms with E-state index in [1.165, 1.54) is 34.0 Å². The van der Waals surface area contributed by atoms with Crippen LogP contribution in [0.4, 0.5) is 0 Å². The van der Waals surface area contributed by atoms with E-state index >= 15 is 0 Å². The van der Waals surface area contributed by atoms with Crippen LogP contribution in [0.15, 0.2) is 60.8 Å². The summed E-state index contributed by atoms with van der Waals surface area (Å²) in [6.07, 6.45) is 8.81. The number of carboxylic acid groups (broad SMARTS) is 1. The van der Waals surface area contributed by atoms with Gasteiger partial charge in [0.15, 0.2) is 5.82 Å². The Morgan fingerprint density at radius 3 is 2.47 bits per heavy atom. The average Bonchev–Trinajstić information content (AvgIpc) is 3.68. The molecule has 7 nitrogen and oxygen atoms in total. The number of likely N-dealkylation sites (tertiary alicyclic amines) is 1. The van der Waals surface area contributed by atoms with Gasteiger partial charge in [0, 0.05) is 24.6 Å². The minimum atomic E-state index is -0.988. The lowest BCUT2D eigenvalue weighted by Gasteiger charge is -2.32. The predicted molar refractivity (Wildman–Crippen MR) is 166 cm³/mol. The number of pyridine rings is 1. The molecule has 7 heteroatoms. The lowest BCUT2D eigenvalue weighted by atomic mass is 9.84. The van der Waals surface area contributed by atoms with Gasteiger partial charge in [0.05, 0.1) is 17.6 Å². The van der Waals surface area contributed by atoms with Crippen molar-refractivity contribution in [3.05, 3.63) is 99.9 Å². The number of carboxylic acids is 1. The summed E-state index contributed by atoms with van der Waals surface area (Å²) in [4.78, 5) is 31.1. The summed E-state index contributed by atoms with van der Waals surface area (Å²) < 4.78 is 1.60. The molecule has 2 fully saturated rings. The average molecular weight is 575 g/mol. The van der Waals surface area contributed by atoms with Crippen LogP contribution in [0.2, 0.25) is 0 Å². The van der Waals surface area contributed by atoms with Crippen molar-refractivity contribution in [2.75, 3.05) is 13.1 Å². The van der Waals surface area contributed by atoms with Gasteiger partial charge in [0.2, 0.25) is 5.91 Å². The van der Waals surface area contributed by atoms with E-state index in [2.05, 4.69) is 53.3 Å². The minimum Gasteiger partial charge on any atom is -0.478 e. The number of aromatic carboxylic acids is 1. The number of hydrogen-bond donors (Lipinski definition) is 1. The molecule has 0 bridgehead atoms. The molecule has 3 heterocycles. The molecule has 2 aromatic carbocycles. The molecule has 1 N–H and O–H groups in total. The highest BCUT2D eigenvalue weighted by molar-refractivity contribution is 5.88. The van der Waals surface area contributed by atoms with Gasteiger partial charge in [-0.2, -0.15) is 5.10 Å². The molecule has 0 radical (unpaired) electrons. The summed E-state index contributed by atoms with van der Waals surface area (Å²) in [5.41, 5.74) is 9.70. The van der Waals surface area contributed by atoms with E-state index in [9.17, 15) is 14.7 Å². The first-order valence-corrected chi connectivity index (χ1v) is 15.6. The van der Waals surface area contributed by atoms with Crippen molar-refractivity contribution in [2.24, 2.45) is 5.92 Å². The van der Waals surface area contributed by atoms with Crippen molar-refractivity contribution >= 4 is 11.9 Å². The molecule has 2 aliphatic carbocycles. The van der Waals surface area contributed by atoms with E-state index in [4.69, 9.17) is 4.98 Å². The largest absolute Gasteiger partial charge is 0.478 e. The quantitative estimate of drug-likeness (QED) is 0.267. The smallest absolute Gasteiger partial charge is 0.339 e. The van der Waals surface area contributed by atoms with Gasteiger partial charge < -0.3 is 10.0 Å². The lowest BCUT2D eigenvalue weighted by molar-refractivity contribution is -0.133. The van der Waals surface area contributed by atoms with Gasteiger partial charge in [0.1, 0.15) is 5.56 Å². The van der Waals surface area contributed by atoms with Gasteiger partial charge in [-0.25, -0.2) is 14.5 Å². The van der Waals surface area contributed by atoms with Gasteiger partial charge in [-0.1, -0.05) is 42.5 Å². The Labute approximate surface area is 252 Å². The molecule has 4 aromatic rings. The first-order valence-electron chi connectivity index (χ1n) is 15.6. The summed E-state index contributed by atoms with van der Waals surface area (Å²) in [6.45, 7) is 5.78. The maximum atomic E-state index is 12.5. The molecule has 43 heavy (non-hydrogen) atoms. The third-order valence-electron chi connectivity index (χ3n) is 9.87. The Bertz CT molecular complexity index is 1710. The fraction of sp³-hybridized carbons (Fsp3) is 0.389. The van der Waals surface area contributed by atoms with Gasteiger partial charge >= 0.3 is 5.97 Å². The molecule has 1 aliphatic heterocycles. The van der Waals surface area contributed by atoms with E-state index in [-0.39, 0.29) is 5.56 Å². The zero-order chi connectivity index (χ0) is 29.7. The molecular formula is C36H38N4O3.